The standard InChI is InChI=1S/C56H37N3S/c1-56(2)46-19-11-9-17-40(46)44-32-39(25-29-47(44)56)50-33-49(58-55(59-50)37-15-7-4-8-16-37)35-23-21-34(22-24-35)38-26-30-51-45(31-38)41-27-28-43-52(54(41)60-51)42-18-10-12-20-48(42)57-53(43)36-13-5-3-6-14-36/h3-33H,1-2H3. The molecule has 4 heteroatoms. The Labute approximate surface area is 352 Å². The van der Waals surface area contributed by atoms with Gasteiger partial charge in [0.15, 0.2) is 5.82 Å². The SMILES string of the molecule is CC1(C)c2ccccc2-c2cc(-c3cc(-c4ccc(-c5ccc6sc7c(ccc8c(-c9ccccc9)nc9ccccc9c87)c6c5)cc4)nc(-c4ccccc4)n3)ccc21. The van der Waals surface area contributed by atoms with Gasteiger partial charge in [0.2, 0.25) is 0 Å². The largest absolute Gasteiger partial charge is 0.247 e. The van der Waals surface area contributed by atoms with Gasteiger partial charge in [0, 0.05) is 64.0 Å². The van der Waals surface area contributed by atoms with Crippen LogP contribution in [0.5, 0.6) is 0 Å². The van der Waals surface area contributed by atoms with Crippen molar-refractivity contribution in [2.24, 2.45) is 0 Å². The van der Waals surface area contributed by atoms with Crippen LogP contribution in [0.1, 0.15) is 25.0 Å². The van der Waals surface area contributed by atoms with E-state index < -0.39 is 0 Å². The smallest absolute Gasteiger partial charge is 0.160 e. The molecule has 1 aliphatic rings. The van der Waals surface area contributed by atoms with E-state index in [1.165, 1.54) is 69.7 Å². The Balaban J connectivity index is 0.949. The summed E-state index contributed by atoms with van der Waals surface area (Å²) >= 11 is 1.87. The van der Waals surface area contributed by atoms with Crippen LogP contribution >= 0.6 is 11.3 Å². The Bertz CT molecular complexity index is 3490. The van der Waals surface area contributed by atoms with Crippen LogP contribution in [0.15, 0.2) is 188 Å². The molecule has 3 nitrogen and oxygen atoms in total. The van der Waals surface area contributed by atoms with E-state index in [0.717, 1.165) is 50.7 Å². The Morgan fingerprint density at radius 2 is 1.03 bits per heavy atom. The Morgan fingerprint density at radius 1 is 0.400 bits per heavy atom. The first-order valence-electron chi connectivity index (χ1n) is 20.5. The van der Waals surface area contributed by atoms with Gasteiger partial charge in [-0.3, -0.25) is 0 Å². The van der Waals surface area contributed by atoms with Crippen molar-refractivity contribution in [2.45, 2.75) is 19.3 Å². The van der Waals surface area contributed by atoms with Crippen molar-refractivity contribution in [1.29, 1.82) is 0 Å². The molecule has 0 saturated carbocycles. The number of nitrogens with zero attached hydrogens (tertiary/aromatic N) is 3. The summed E-state index contributed by atoms with van der Waals surface area (Å²) in [5.74, 6) is 0.718. The normalized spacial score (nSPS) is 13.0. The maximum absolute atomic E-state index is 5.18. The zero-order valence-corrected chi connectivity index (χ0v) is 34.0. The van der Waals surface area contributed by atoms with E-state index in [2.05, 4.69) is 184 Å². The fourth-order valence-corrected chi connectivity index (χ4v) is 10.7. The molecule has 282 valence electrons. The van der Waals surface area contributed by atoms with Crippen molar-refractivity contribution < 1.29 is 0 Å². The minimum absolute atomic E-state index is 0.0487. The number of pyridine rings is 1. The minimum atomic E-state index is -0.0487. The summed E-state index contributed by atoms with van der Waals surface area (Å²) in [6.45, 7) is 4.64. The summed E-state index contributed by atoms with van der Waals surface area (Å²) < 4.78 is 2.58. The Morgan fingerprint density at radius 3 is 1.85 bits per heavy atom. The van der Waals surface area contributed by atoms with Crippen LogP contribution in [0.25, 0.3) is 109 Å². The van der Waals surface area contributed by atoms with Gasteiger partial charge in [0.25, 0.3) is 0 Å². The van der Waals surface area contributed by atoms with E-state index >= 15 is 0 Å². The molecule has 8 aromatic carbocycles. The van der Waals surface area contributed by atoms with Crippen LogP contribution in [-0.2, 0) is 5.41 Å². The lowest BCUT2D eigenvalue weighted by molar-refractivity contribution is 0.660. The first kappa shape index (κ1) is 34.7. The van der Waals surface area contributed by atoms with Crippen LogP contribution in [-0.4, -0.2) is 15.0 Å². The van der Waals surface area contributed by atoms with Crippen molar-refractivity contribution in [1.82, 2.24) is 15.0 Å². The van der Waals surface area contributed by atoms with Crippen LogP contribution in [0.2, 0.25) is 0 Å². The van der Waals surface area contributed by atoms with Gasteiger partial charge < -0.3 is 0 Å². The molecule has 11 aromatic rings. The van der Waals surface area contributed by atoms with Gasteiger partial charge in [-0.2, -0.15) is 0 Å². The fraction of sp³-hybridized carbons (Fsp3) is 0.0536. The number of benzene rings is 8. The number of fused-ring (bicyclic) bond motifs is 10. The van der Waals surface area contributed by atoms with E-state index in [0.29, 0.717) is 0 Å². The molecule has 3 heterocycles. The molecule has 0 aliphatic heterocycles. The van der Waals surface area contributed by atoms with Gasteiger partial charge in [-0.05, 0) is 63.7 Å². The zero-order valence-electron chi connectivity index (χ0n) is 33.1. The van der Waals surface area contributed by atoms with Gasteiger partial charge in [0.05, 0.1) is 22.6 Å². The molecule has 1 aliphatic carbocycles. The maximum Gasteiger partial charge on any atom is 0.160 e. The number of rotatable bonds is 5. The van der Waals surface area contributed by atoms with Gasteiger partial charge in [-0.25, -0.2) is 15.0 Å². The number of aromatic nitrogens is 3. The highest BCUT2D eigenvalue weighted by Crippen LogP contribution is 2.50. The second kappa shape index (κ2) is 13.4. The summed E-state index contributed by atoms with van der Waals surface area (Å²) in [5, 5.41) is 6.19. The molecule has 3 aromatic heterocycles. The molecule has 0 amide bonds. The first-order valence-corrected chi connectivity index (χ1v) is 21.3. The summed E-state index contributed by atoms with van der Waals surface area (Å²) in [6.07, 6.45) is 0. The van der Waals surface area contributed by atoms with E-state index in [1.54, 1.807) is 0 Å². The molecular formula is C56H37N3S. The van der Waals surface area contributed by atoms with Gasteiger partial charge in [-0.1, -0.05) is 172 Å². The second-order valence-electron chi connectivity index (χ2n) is 16.4. The lowest BCUT2D eigenvalue weighted by Gasteiger charge is -2.21. The average Bonchev–Trinajstić information content (AvgIpc) is 3.80. The van der Waals surface area contributed by atoms with Crippen molar-refractivity contribution in [2.75, 3.05) is 0 Å². The van der Waals surface area contributed by atoms with Gasteiger partial charge in [0.1, 0.15) is 0 Å². The van der Waals surface area contributed by atoms with Crippen LogP contribution in [0, 0.1) is 0 Å². The van der Waals surface area contributed by atoms with Crippen molar-refractivity contribution in [3.63, 3.8) is 0 Å². The Hall–Kier alpha value is -7.27. The highest BCUT2D eigenvalue weighted by Gasteiger charge is 2.35. The number of hydrogen-bond acceptors (Lipinski definition) is 4. The lowest BCUT2D eigenvalue weighted by atomic mass is 9.82. The lowest BCUT2D eigenvalue weighted by Crippen LogP contribution is -2.14. The molecule has 0 atom stereocenters. The molecular weight excluding hydrogens is 747 g/mol. The number of hydrogen-bond donors (Lipinski definition) is 0. The first-order chi connectivity index (χ1) is 29.5. The highest BCUT2D eigenvalue weighted by molar-refractivity contribution is 7.26. The molecule has 0 saturated heterocycles. The Kier molecular flexibility index (Phi) is 7.75. The molecule has 0 unspecified atom stereocenters. The third-order valence-electron chi connectivity index (χ3n) is 12.5. The van der Waals surface area contributed by atoms with E-state index in [-0.39, 0.29) is 5.41 Å². The number of para-hydroxylation sites is 1. The van der Waals surface area contributed by atoms with Gasteiger partial charge >= 0.3 is 0 Å². The summed E-state index contributed by atoms with van der Waals surface area (Å²) in [4.78, 5) is 15.5. The molecule has 12 rings (SSSR count). The molecule has 0 bridgehead atoms. The van der Waals surface area contributed by atoms with Crippen molar-refractivity contribution in [3.8, 4) is 67.4 Å². The summed E-state index contributed by atoms with van der Waals surface area (Å²) in [5.41, 5.74) is 15.7. The minimum Gasteiger partial charge on any atom is -0.247 e. The molecule has 0 N–H and O–H groups in total. The zero-order chi connectivity index (χ0) is 40.0. The molecule has 60 heavy (non-hydrogen) atoms. The maximum atomic E-state index is 5.18. The van der Waals surface area contributed by atoms with E-state index in [4.69, 9.17) is 15.0 Å². The topological polar surface area (TPSA) is 38.7 Å². The predicted molar refractivity (Wildman–Crippen MR) is 252 cm³/mol. The second-order valence-corrected chi connectivity index (χ2v) is 17.4. The predicted octanol–water partition coefficient (Wildman–Crippen LogP) is 15.2. The monoisotopic (exact) mass is 783 g/mol. The van der Waals surface area contributed by atoms with Crippen LogP contribution in [0.4, 0.5) is 0 Å². The average molecular weight is 784 g/mol. The fourth-order valence-electron chi connectivity index (χ4n) is 9.44. The third-order valence-corrected chi connectivity index (χ3v) is 13.7. The van der Waals surface area contributed by atoms with Crippen LogP contribution in [0.3, 0.4) is 0 Å². The van der Waals surface area contributed by atoms with Crippen molar-refractivity contribution in [3.05, 3.63) is 199 Å². The van der Waals surface area contributed by atoms with Gasteiger partial charge in [-0.15, -0.1) is 11.3 Å². The summed E-state index contributed by atoms with van der Waals surface area (Å²) in [6, 6.07) is 67.5. The van der Waals surface area contributed by atoms with E-state index in [1.807, 2.05) is 29.5 Å². The molecule has 0 radical (unpaired) electrons. The third kappa shape index (κ3) is 5.45. The molecule has 0 fully saturated rings. The van der Waals surface area contributed by atoms with E-state index in [9.17, 15) is 0 Å². The van der Waals surface area contributed by atoms with Crippen molar-refractivity contribution >= 4 is 53.2 Å². The molecule has 0 spiro atoms. The quantitative estimate of drug-likeness (QED) is 0.163. The highest BCUT2D eigenvalue weighted by atomic mass is 32.1. The van der Waals surface area contributed by atoms with Crippen LogP contribution < -0.4 is 0 Å². The summed E-state index contributed by atoms with van der Waals surface area (Å²) in [7, 11) is 0. The number of thiophene rings is 1.